The second-order valence-corrected chi connectivity index (χ2v) is 6.26. The van der Waals surface area contributed by atoms with Crippen LogP contribution in [0.25, 0.3) is 0 Å². The third-order valence-electron chi connectivity index (χ3n) is 3.76. The zero-order valence-corrected chi connectivity index (χ0v) is 15.0. The van der Waals surface area contributed by atoms with Gasteiger partial charge in [0, 0.05) is 24.4 Å². The van der Waals surface area contributed by atoms with Crippen molar-refractivity contribution in [1.29, 1.82) is 0 Å². The van der Waals surface area contributed by atoms with Crippen LogP contribution in [-0.4, -0.2) is 10.9 Å². The fourth-order valence-corrected chi connectivity index (χ4v) is 2.63. The Morgan fingerprint density at radius 1 is 1.11 bits per heavy atom. The number of benzene rings is 2. The summed E-state index contributed by atoms with van der Waals surface area (Å²) in [6.07, 6.45) is 1.28. The van der Waals surface area contributed by atoms with Crippen LogP contribution in [0.4, 0.5) is 8.78 Å². The van der Waals surface area contributed by atoms with Crippen molar-refractivity contribution in [2.45, 2.75) is 13.0 Å². The molecule has 1 aromatic heterocycles. The zero-order valence-electron chi connectivity index (χ0n) is 14.2. The van der Waals surface area contributed by atoms with Gasteiger partial charge in [0.05, 0.1) is 11.1 Å². The molecule has 27 heavy (non-hydrogen) atoms. The first-order chi connectivity index (χ1) is 12.9. The van der Waals surface area contributed by atoms with Crippen molar-refractivity contribution in [1.82, 2.24) is 10.3 Å². The van der Waals surface area contributed by atoms with Crippen molar-refractivity contribution in [3.05, 3.63) is 88.6 Å². The molecule has 1 amide bonds. The number of carbonyl (C=O) groups is 1. The van der Waals surface area contributed by atoms with Crippen LogP contribution in [0.5, 0.6) is 11.6 Å². The molecule has 0 spiro atoms. The molecular formula is C20H15ClF2N2O2. The highest BCUT2D eigenvalue weighted by Crippen LogP contribution is 2.27. The van der Waals surface area contributed by atoms with Gasteiger partial charge in [-0.3, -0.25) is 4.79 Å². The predicted molar refractivity (Wildman–Crippen MR) is 98.0 cm³/mol. The van der Waals surface area contributed by atoms with Gasteiger partial charge in [-0.15, -0.1) is 0 Å². The summed E-state index contributed by atoms with van der Waals surface area (Å²) in [6, 6.07) is 13.2. The van der Waals surface area contributed by atoms with Crippen molar-refractivity contribution in [3.63, 3.8) is 0 Å². The van der Waals surface area contributed by atoms with E-state index in [0.717, 1.165) is 23.8 Å². The van der Waals surface area contributed by atoms with E-state index >= 15 is 0 Å². The average molecular weight is 389 g/mol. The van der Waals surface area contributed by atoms with E-state index in [4.69, 9.17) is 16.3 Å². The lowest BCUT2D eigenvalue weighted by Crippen LogP contribution is -2.27. The number of hydrogen-bond donors (Lipinski definition) is 1. The van der Waals surface area contributed by atoms with Crippen molar-refractivity contribution >= 4 is 17.5 Å². The highest BCUT2D eigenvalue weighted by Gasteiger charge is 2.19. The molecule has 0 aliphatic carbocycles. The lowest BCUT2D eigenvalue weighted by atomic mass is 10.1. The van der Waals surface area contributed by atoms with Crippen molar-refractivity contribution in [2.75, 3.05) is 0 Å². The zero-order chi connectivity index (χ0) is 19.4. The summed E-state index contributed by atoms with van der Waals surface area (Å²) in [4.78, 5) is 16.7. The molecule has 0 bridgehead atoms. The second-order valence-electron chi connectivity index (χ2n) is 5.82. The molecule has 2 aromatic carbocycles. The van der Waals surface area contributed by atoms with Gasteiger partial charge in [-0.1, -0.05) is 41.9 Å². The van der Waals surface area contributed by atoms with E-state index in [1.165, 1.54) is 12.3 Å². The van der Waals surface area contributed by atoms with Crippen LogP contribution in [0.3, 0.4) is 0 Å². The molecule has 3 aromatic rings. The molecule has 0 radical (unpaired) electrons. The molecule has 7 heteroatoms. The first-order valence-electron chi connectivity index (χ1n) is 8.07. The number of halogens is 3. The number of hydrogen-bond acceptors (Lipinski definition) is 3. The molecule has 0 aliphatic rings. The molecule has 0 fully saturated rings. The lowest BCUT2D eigenvalue weighted by Gasteiger charge is -2.16. The first-order valence-corrected chi connectivity index (χ1v) is 8.45. The number of nitrogens with one attached hydrogen (secondary N) is 1. The predicted octanol–water partition coefficient (Wildman–Crippen LogP) is 5.30. The smallest absolute Gasteiger partial charge is 0.257 e. The largest absolute Gasteiger partial charge is 0.438 e. The Balaban J connectivity index is 1.86. The van der Waals surface area contributed by atoms with Crippen molar-refractivity contribution < 1.29 is 18.3 Å². The Morgan fingerprint density at radius 2 is 1.78 bits per heavy atom. The lowest BCUT2D eigenvalue weighted by molar-refractivity contribution is 0.0937. The highest BCUT2D eigenvalue weighted by molar-refractivity contribution is 6.30. The van der Waals surface area contributed by atoms with Crippen molar-refractivity contribution in [2.24, 2.45) is 0 Å². The fourth-order valence-electron chi connectivity index (χ4n) is 2.47. The molecule has 0 aliphatic heterocycles. The molecule has 0 saturated heterocycles. The van der Waals surface area contributed by atoms with Crippen LogP contribution in [0.2, 0.25) is 5.02 Å². The van der Waals surface area contributed by atoms with E-state index < -0.39 is 17.5 Å². The van der Waals surface area contributed by atoms with Gasteiger partial charge in [0.25, 0.3) is 5.91 Å². The Hall–Kier alpha value is -2.99. The van der Waals surface area contributed by atoms with E-state index in [-0.39, 0.29) is 28.3 Å². The summed E-state index contributed by atoms with van der Waals surface area (Å²) >= 11 is 5.95. The third kappa shape index (κ3) is 4.80. The molecule has 1 heterocycles. The molecule has 0 saturated carbocycles. The molecule has 1 atom stereocenters. The number of pyridine rings is 1. The molecule has 138 valence electrons. The van der Waals surface area contributed by atoms with Crippen LogP contribution in [0.1, 0.15) is 28.9 Å². The van der Waals surface area contributed by atoms with Gasteiger partial charge < -0.3 is 10.1 Å². The number of ether oxygens (including phenoxy) is 1. The Kier molecular flexibility index (Phi) is 5.66. The number of nitrogens with zero attached hydrogens (tertiary/aromatic N) is 1. The molecule has 0 unspecified atom stereocenters. The fraction of sp³-hybridized carbons (Fsp3) is 0.100. The maximum Gasteiger partial charge on any atom is 0.257 e. The summed E-state index contributed by atoms with van der Waals surface area (Å²) < 4.78 is 32.2. The summed E-state index contributed by atoms with van der Waals surface area (Å²) in [5.41, 5.74) is 0.963. The van der Waals surface area contributed by atoms with Gasteiger partial charge in [-0.25, -0.2) is 13.8 Å². The Labute approximate surface area is 159 Å². The number of carbonyl (C=O) groups excluding carboxylic acids is 1. The van der Waals surface area contributed by atoms with E-state index in [1.54, 1.807) is 0 Å². The maximum atomic E-state index is 13.4. The van der Waals surface area contributed by atoms with Gasteiger partial charge in [-0.05, 0) is 18.6 Å². The monoisotopic (exact) mass is 388 g/mol. The summed E-state index contributed by atoms with van der Waals surface area (Å²) in [5.74, 6) is -2.31. The van der Waals surface area contributed by atoms with Gasteiger partial charge >= 0.3 is 0 Å². The SMILES string of the molecule is C[C@H](NC(=O)c1cc(Cl)cnc1Oc1cc(F)cc(F)c1)c1ccccc1. The topological polar surface area (TPSA) is 51.2 Å². The van der Waals surface area contributed by atoms with Gasteiger partial charge in [0.1, 0.15) is 22.9 Å². The molecule has 4 nitrogen and oxygen atoms in total. The maximum absolute atomic E-state index is 13.4. The van der Waals surface area contributed by atoms with E-state index in [0.29, 0.717) is 0 Å². The van der Waals surface area contributed by atoms with Gasteiger partial charge in [-0.2, -0.15) is 0 Å². The quantitative estimate of drug-likeness (QED) is 0.645. The van der Waals surface area contributed by atoms with Gasteiger partial charge in [0.15, 0.2) is 0 Å². The minimum atomic E-state index is -0.803. The molecule has 3 rings (SSSR count). The van der Waals surface area contributed by atoms with E-state index in [1.807, 2.05) is 37.3 Å². The van der Waals surface area contributed by atoms with Crippen LogP contribution in [0, 0.1) is 11.6 Å². The minimum absolute atomic E-state index is 0.0509. The number of amides is 1. The second kappa shape index (κ2) is 8.14. The molecular weight excluding hydrogens is 374 g/mol. The van der Waals surface area contributed by atoms with E-state index in [9.17, 15) is 13.6 Å². The standard InChI is InChI=1S/C20H15ClF2N2O2/c1-12(13-5-3-2-4-6-13)25-19(26)18-7-14(21)11-24-20(18)27-17-9-15(22)8-16(23)10-17/h2-12H,1H3,(H,25,26)/t12-/m0/s1. The Morgan fingerprint density at radius 3 is 2.44 bits per heavy atom. The highest BCUT2D eigenvalue weighted by atomic mass is 35.5. The summed E-state index contributed by atoms with van der Waals surface area (Å²) in [5, 5.41) is 3.05. The van der Waals surface area contributed by atoms with Crippen LogP contribution < -0.4 is 10.1 Å². The van der Waals surface area contributed by atoms with Crippen molar-refractivity contribution in [3.8, 4) is 11.6 Å². The first kappa shape index (κ1) is 18.8. The van der Waals surface area contributed by atoms with Crippen LogP contribution in [0.15, 0.2) is 60.8 Å². The normalized spacial score (nSPS) is 11.7. The van der Waals surface area contributed by atoms with E-state index in [2.05, 4.69) is 10.3 Å². The summed E-state index contributed by atoms with van der Waals surface area (Å²) in [7, 11) is 0. The average Bonchev–Trinajstić information content (AvgIpc) is 2.63. The van der Waals surface area contributed by atoms with Gasteiger partial charge in [0.2, 0.25) is 5.88 Å². The third-order valence-corrected chi connectivity index (χ3v) is 3.97. The van der Waals surface area contributed by atoms with Crippen LogP contribution in [-0.2, 0) is 0 Å². The summed E-state index contributed by atoms with van der Waals surface area (Å²) in [6.45, 7) is 1.83. The van der Waals surface area contributed by atoms with Crippen LogP contribution >= 0.6 is 11.6 Å². The molecule has 1 N–H and O–H groups in total. The number of rotatable bonds is 5. The Bertz CT molecular complexity index is 947. The minimum Gasteiger partial charge on any atom is -0.438 e. The number of aromatic nitrogens is 1.